The summed E-state index contributed by atoms with van der Waals surface area (Å²) < 4.78 is 23.7. The molecule has 9 heteroatoms. The first-order chi connectivity index (χ1) is 36.5. The van der Waals surface area contributed by atoms with Crippen molar-refractivity contribution in [3.8, 4) is 0 Å². The minimum Gasteiger partial charge on any atom is -0.387 e. The number of carbonyl (C=O) groups is 1. The largest absolute Gasteiger partial charge is 0.472 e. The van der Waals surface area contributed by atoms with Crippen LogP contribution in [0.5, 0.6) is 0 Å². The molecule has 0 aliphatic carbocycles. The molecule has 0 aromatic carbocycles. The van der Waals surface area contributed by atoms with Crippen LogP contribution in [0, 0.1) is 0 Å². The van der Waals surface area contributed by atoms with Crippen molar-refractivity contribution in [3.63, 3.8) is 0 Å². The minimum absolute atomic E-state index is 0.0629. The number of hydrogen-bond acceptors (Lipinski definition) is 5. The Morgan fingerprint density at radius 2 is 0.760 bits per heavy atom. The molecule has 0 spiro atoms. The Kier molecular flexibility index (Phi) is 56.0. The fourth-order valence-corrected chi connectivity index (χ4v) is 10.4. The van der Waals surface area contributed by atoms with Crippen molar-refractivity contribution in [2.45, 2.75) is 328 Å². The van der Waals surface area contributed by atoms with Gasteiger partial charge in [-0.3, -0.25) is 13.8 Å². The predicted octanol–water partition coefficient (Wildman–Crippen LogP) is 20.3. The van der Waals surface area contributed by atoms with E-state index in [0.29, 0.717) is 17.4 Å². The molecule has 0 bridgehead atoms. The normalized spacial score (nSPS) is 14.1. The number of phosphoric ester groups is 1. The number of rotatable bonds is 60. The summed E-state index contributed by atoms with van der Waals surface area (Å²) in [5.74, 6) is -0.172. The summed E-state index contributed by atoms with van der Waals surface area (Å²) in [5, 5.41) is 14.0. The van der Waals surface area contributed by atoms with Crippen molar-refractivity contribution in [2.24, 2.45) is 0 Å². The Bertz CT molecular complexity index is 1360. The van der Waals surface area contributed by atoms with Gasteiger partial charge in [0.1, 0.15) is 13.2 Å². The second kappa shape index (κ2) is 57.2. The standard InChI is InChI=1S/C66H127N2O6P/c1-6-8-10-12-14-16-18-20-22-24-25-26-27-28-29-30-31-32-33-34-35-36-37-38-39-40-41-42-43-44-46-48-50-52-54-56-58-60-66(70)67-64(63-74-75(71,72)73-62-61-68(3,4)5)65(69)59-57-55-53-51-49-47-45-23-21-19-17-15-13-11-9-7-2/h18,20,24-25,27-28,57,59,64-65,69H,6-17,19,21-23,26,29-56,58,60-63H2,1-5H3,(H-,67,70,71,72)/p+1/b20-18-,25-24-,28-27-,59-57+. The quantitative estimate of drug-likeness (QED) is 0.0243. The number of hydrogen-bond donors (Lipinski definition) is 3. The number of phosphoric acid groups is 1. The number of aliphatic hydroxyl groups is 1. The predicted molar refractivity (Wildman–Crippen MR) is 327 cm³/mol. The molecule has 0 radical (unpaired) electrons. The topological polar surface area (TPSA) is 105 Å². The third-order valence-corrected chi connectivity index (χ3v) is 15.8. The van der Waals surface area contributed by atoms with Crippen molar-refractivity contribution in [1.82, 2.24) is 5.32 Å². The average Bonchev–Trinajstić information content (AvgIpc) is 3.37. The lowest BCUT2D eigenvalue weighted by Gasteiger charge is -2.25. The molecule has 0 saturated carbocycles. The Morgan fingerprint density at radius 3 is 1.11 bits per heavy atom. The number of carbonyl (C=O) groups excluding carboxylic acids is 1. The lowest BCUT2D eigenvalue weighted by atomic mass is 10.0. The molecule has 0 saturated heterocycles. The summed E-state index contributed by atoms with van der Waals surface area (Å²) in [6.07, 6.45) is 76.7. The molecule has 1 amide bonds. The van der Waals surface area contributed by atoms with Crippen LogP contribution in [0.3, 0.4) is 0 Å². The Labute approximate surface area is 467 Å². The number of likely N-dealkylation sites (N-methyl/N-ethyl adjacent to an activating group) is 1. The van der Waals surface area contributed by atoms with Crippen LogP contribution in [-0.2, 0) is 18.4 Å². The van der Waals surface area contributed by atoms with Crippen LogP contribution in [0.4, 0.5) is 0 Å². The van der Waals surface area contributed by atoms with E-state index in [1.54, 1.807) is 6.08 Å². The molecular formula is C66H128N2O6P+. The molecule has 0 aromatic heterocycles. The van der Waals surface area contributed by atoms with Crippen LogP contribution in [0.2, 0.25) is 0 Å². The summed E-state index contributed by atoms with van der Waals surface area (Å²) in [5.41, 5.74) is 0. The van der Waals surface area contributed by atoms with Crippen LogP contribution in [0.15, 0.2) is 48.6 Å². The third kappa shape index (κ3) is 60.0. The smallest absolute Gasteiger partial charge is 0.387 e. The average molecular weight is 1080 g/mol. The Balaban J connectivity index is 3.96. The van der Waals surface area contributed by atoms with E-state index in [4.69, 9.17) is 9.05 Å². The number of allylic oxidation sites excluding steroid dienone is 7. The molecule has 0 aliphatic rings. The van der Waals surface area contributed by atoms with Crippen molar-refractivity contribution in [3.05, 3.63) is 48.6 Å². The zero-order chi connectivity index (χ0) is 54.9. The maximum absolute atomic E-state index is 13.0. The second-order valence-corrected chi connectivity index (χ2v) is 24.9. The highest BCUT2D eigenvalue weighted by Gasteiger charge is 2.28. The zero-order valence-electron chi connectivity index (χ0n) is 50.6. The fourth-order valence-electron chi connectivity index (χ4n) is 9.70. The maximum Gasteiger partial charge on any atom is 0.472 e. The van der Waals surface area contributed by atoms with Crippen molar-refractivity contribution >= 4 is 13.7 Å². The van der Waals surface area contributed by atoms with Crippen LogP contribution >= 0.6 is 7.82 Å². The van der Waals surface area contributed by atoms with Gasteiger partial charge in [0.25, 0.3) is 0 Å². The monoisotopic (exact) mass is 1080 g/mol. The molecule has 0 rings (SSSR count). The van der Waals surface area contributed by atoms with Crippen LogP contribution in [-0.4, -0.2) is 73.4 Å². The molecule has 3 N–H and O–H groups in total. The summed E-state index contributed by atoms with van der Waals surface area (Å²) in [6, 6.07) is -0.845. The van der Waals surface area contributed by atoms with E-state index in [1.165, 1.54) is 244 Å². The third-order valence-electron chi connectivity index (χ3n) is 14.8. The summed E-state index contributed by atoms with van der Waals surface area (Å²) in [4.78, 5) is 23.3. The van der Waals surface area contributed by atoms with Gasteiger partial charge in [0.05, 0.1) is 39.9 Å². The number of aliphatic hydroxyl groups excluding tert-OH is 1. The SMILES string of the molecule is CCCCCCC/C=C\C/C=C\C/C=C\CCCCCCCCCCCCCCCCCCCCCCCCC(=O)NC(COP(=O)(O)OCC[N+](C)(C)C)C(O)/C=C/CCCCCCCCCCCCCCCC. The van der Waals surface area contributed by atoms with Gasteiger partial charge in [0.15, 0.2) is 0 Å². The summed E-state index contributed by atoms with van der Waals surface area (Å²) >= 11 is 0. The van der Waals surface area contributed by atoms with Crippen LogP contribution < -0.4 is 5.32 Å². The van der Waals surface area contributed by atoms with Gasteiger partial charge in [0, 0.05) is 6.42 Å². The zero-order valence-corrected chi connectivity index (χ0v) is 51.4. The molecule has 3 atom stereocenters. The van der Waals surface area contributed by atoms with E-state index in [9.17, 15) is 19.4 Å². The minimum atomic E-state index is -4.35. The number of nitrogens with zero attached hydrogens (tertiary/aromatic N) is 1. The van der Waals surface area contributed by atoms with Gasteiger partial charge in [-0.2, -0.15) is 0 Å². The molecule has 3 unspecified atom stereocenters. The van der Waals surface area contributed by atoms with Crippen LogP contribution in [0.1, 0.15) is 316 Å². The van der Waals surface area contributed by atoms with E-state index in [2.05, 4.69) is 55.6 Å². The first-order valence-electron chi connectivity index (χ1n) is 32.5. The highest BCUT2D eigenvalue weighted by atomic mass is 31.2. The van der Waals surface area contributed by atoms with Gasteiger partial charge in [-0.1, -0.05) is 300 Å². The maximum atomic E-state index is 13.0. The highest BCUT2D eigenvalue weighted by molar-refractivity contribution is 7.47. The second-order valence-electron chi connectivity index (χ2n) is 23.5. The molecule has 0 aliphatic heterocycles. The van der Waals surface area contributed by atoms with E-state index in [-0.39, 0.29) is 19.1 Å². The van der Waals surface area contributed by atoms with Gasteiger partial charge in [-0.15, -0.1) is 0 Å². The van der Waals surface area contributed by atoms with E-state index in [0.717, 1.165) is 51.4 Å². The number of nitrogens with one attached hydrogen (secondary N) is 1. The van der Waals surface area contributed by atoms with E-state index < -0.39 is 20.0 Å². The fraction of sp³-hybridized carbons (Fsp3) is 0.864. The summed E-state index contributed by atoms with van der Waals surface area (Å²) in [6.45, 7) is 4.84. The van der Waals surface area contributed by atoms with Gasteiger partial charge >= 0.3 is 7.82 Å². The molecule has 0 aromatic rings. The van der Waals surface area contributed by atoms with E-state index >= 15 is 0 Å². The lowest BCUT2D eigenvalue weighted by molar-refractivity contribution is -0.870. The number of quaternary nitrogens is 1. The molecule has 75 heavy (non-hydrogen) atoms. The summed E-state index contributed by atoms with van der Waals surface area (Å²) in [7, 11) is 1.58. The number of amides is 1. The highest BCUT2D eigenvalue weighted by Crippen LogP contribution is 2.43. The van der Waals surface area contributed by atoms with Crippen molar-refractivity contribution in [1.29, 1.82) is 0 Å². The molecule has 442 valence electrons. The molecule has 8 nitrogen and oxygen atoms in total. The van der Waals surface area contributed by atoms with Crippen LogP contribution in [0.25, 0.3) is 0 Å². The molecule has 0 heterocycles. The first-order valence-corrected chi connectivity index (χ1v) is 34.0. The van der Waals surface area contributed by atoms with E-state index in [1.807, 2.05) is 27.2 Å². The Morgan fingerprint density at radius 1 is 0.453 bits per heavy atom. The molecule has 0 fully saturated rings. The van der Waals surface area contributed by atoms with Crippen molar-refractivity contribution in [2.75, 3.05) is 40.9 Å². The van der Waals surface area contributed by atoms with Crippen molar-refractivity contribution < 1.29 is 32.9 Å². The van der Waals surface area contributed by atoms with Gasteiger partial charge < -0.3 is 19.8 Å². The van der Waals surface area contributed by atoms with Gasteiger partial charge in [-0.25, -0.2) is 4.57 Å². The lowest BCUT2D eigenvalue weighted by Crippen LogP contribution is -2.45. The molecular weight excluding hydrogens is 948 g/mol. The first kappa shape index (κ1) is 73.5. The van der Waals surface area contributed by atoms with Gasteiger partial charge in [0.2, 0.25) is 5.91 Å². The van der Waals surface area contributed by atoms with Gasteiger partial charge in [-0.05, 0) is 57.8 Å². The Hall–Kier alpha value is -1.54. The number of unbranched alkanes of at least 4 members (excludes halogenated alkanes) is 41.